The minimum atomic E-state index is 0.535. The Bertz CT molecular complexity index is 404. The van der Waals surface area contributed by atoms with Crippen LogP contribution in [0.3, 0.4) is 0 Å². The zero-order chi connectivity index (χ0) is 14.4. The van der Waals surface area contributed by atoms with Crippen molar-refractivity contribution in [2.45, 2.75) is 52.1 Å². The molecule has 20 heavy (non-hydrogen) atoms. The van der Waals surface area contributed by atoms with Crippen molar-refractivity contribution in [3.8, 4) is 0 Å². The lowest BCUT2D eigenvalue weighted by Gasteiger charge is -2.35. The summed E-state index contributed by atoms with van der Waals surface area (Å²) in [5.74, 6) is 1.50. The Labute approximate surface area is 127 Å². The fourth-order valence-electron chi connectivity index (χ4n) is 2.89. The highest BCUT2D eigenvalue weighted by Crippen LogP contribution is 2.29. The molecule has 0 aliphatic heterocycles. The number of aromatic nitrogens is 2. The van der Waals surface area contributed by atoms with Gasteiger partial charge in [0, 0.05) is 31.5 Å². The second-order valence-electron chi connectivity index (χ2n) is 5.93. The van der Waals surface area contributed by atoms with Gasteiger partial charge in [-0.1, -0.05) is 26.7 Å². The summed E-state index contributed by atoms with van der Waals surface area (Å²) in [5, 5.41) is 7.62. The number of rotatable bonds is 5. The summed E-state index contributed by atoms with van der Waals surface area (Å²) in [6, 6.07) is 0.535. The fourth-order valence-corrected chi connectivity index (χ4v) is 3.14. The first-order valence-corrected chi connectivity index (χ1v) is 8.07. The molecule has 112 valence electrons. The number of nitrogens with one attached hydrogen (secondary N) is 2. The Kier molecular flexibility index (Phi) is 5.83. The lowest BCUT2D eigenvalue weighted by atomic mass is 9.78. The van der Waals surface area contributed by atoms with Gasteiger partial charge < -0.3 is 15.2 Å². The van der Waals surface area contributed by atoms with Crippen LogP contribution in [0.15, 0.2) is 18.7 Å². The molecular formula is C15H26N4S. The van der Waals surface area contributed by atoms with Gasteiger partial charge >= 0.3 is 0 Å². The highest BCUT2D eigenvalue weighted by atomic mass is 32.1. The van der Waals surface area contributed by atoms with Crippen LogP contribution in [0.25, 0.3) is 0 Å². The maximum Gasteiger partial charge on any atom is 0.166 e. The lowest BCUT2D eigenvalue weighted by Crippen LogP contribution is -2.47. The van der Waals surface area contributed by atoms with Gasteiger partial charge in [0.15, 0.2) is 5.11 Å². The van der Waals surface area contributed by atoms with Crippen LogP contribution in [0.5, 0.6) is 0 Å². The molecule has 1 heterocycles. The van der Waals surface area contributed by atoms with E-state index in [1.165, 1.54) is 19.3 Å². The van der Waals surface area contributed by atoms with Gasteiger partial charge in [-0.05, 0) is 36.9 Å². The number of thiocarbonyl (C=S) groups is 1. The number of nitrogens with zero attached hydrogens (tertiary/aromatic N) is 2. The van der Waals surface area contributed by atoms with Crippen LogP contribution in [-0.4, -0.2) is 27.3 Å². The van der Waals surface area contributed by atoms with Crippen LogP contribution >= 0.6 is 12.2 Å². The van der Waals surface area contributed by atoms with Crippen LogP contribution in [0, 0.1) is 11.8 Å². The van der Waals surface area contributed by atoms with Gasteiger partial charge in [-0.25, -0.2) is 4.98 Å². The Balaban J connectivity index is 1.62. The second-order valence-corrected chi connectivity index (χ2v) is 6.34. The topological polar surface area (TPSA) is 41.9 Å². The van der Waals surface area contributed by atoms with Crippen molar-refractivity contribution in [1.82, 2.24) is 20.2 Å². The van der Waals surface area contributed by atoms with Crippen molar-refractivity contribution in [3.63, 3.8) is 0 Å². The van der Waals surface area contributed by atoms with Crippen LogP contribution < -0.4 is 10.6 Å². The predicted octanol–water partition coefficient (Wildman–Crippen LogP) is 2.56. The van der Waals surface area contributed by atoms with Crippen molar-refractivity contribution in [2.75, 3.05) is 6.54 Å². The second kappa shape index (κ2) is 7.62. The molecule has 2 N–H and O–H groups in total. The number of hydrogen-bond donors (Lipinski definition) is 2. The van der Waals surface area contributed by atoms with E-state index in [4.69, 9.17) is 12.2 Å². The number of imidazole rings is 1. The van der Waals surface area contributed by atoms with Gasteiger partial charge in [0.05, 0.1) is 6.33 Å². The van der Waals surface area contributed by atoms with Crippen LogP contribution in [-0.2, 0) is 6.54 Å². The lowest BCUT2D eigenvalue weighted by molar-refractivity contribution is 0.224. The molecule has 1 aromatic rings. The Morgan fingerprint density at radius 1 is 1.40 bits per heavy atom. The third kappa shape index (κ3) is 4.47. The molecule has 1 aliphatic carbocycles. The maximum atomic E-state index is 5.40. The van der Waals surface area contributed by atoms with E-state index in [1.807, 2.05) is 18.7 Å². The summed E-state index contributed by atoms with van der Waals surface area (Å²) >= 11 is 5.40. The minimum Gasteiger partial charge on any atom is -0.363 e. The third-order valence-corrected chi connectivity index (χ3v) is 4.72. The van der Waals surface area contributed by atoms with Crippen molar-refractivity contribution in [2.24, 2.45) is 11.8 Å². The molecule has 0 spiro atoms. The van der Waals surface area contributed by atoms with E-state index in [1.54, 1.807) is 0 Å². The van der Waals surface area contributed by atoms with Crippen molar-refractivity contribution >= 4 is 17.3 Å². The summed E-state index contributed by atoms with van der Waals surface area (Å²) in [6.45, 7) is 6.57. The molecule has 0 unspecified atom stereocenters. The maximum absolute atomic E-state index is 5.40. The first kappa shape index (κ1) is 15.3. The van der Waals surface area contributed by atoms with Crippen molar-refractivity contribution in [1.29, 1.82) is 0 Å². The standard InChI is InChI=1S/C15H26N4S/c1-12-5-3-6-14(13(12)2)18-15(20)17-7-4-9-19-10-8-16-11-19/h8,10-14H,3-7,9H2,1-2H3,(H2,17,18,20)/t12-,13+,14+/m0/s1. The SMILES string of the molecule is C[C@@H]1[C@@H](C)CCC[C@H]1NC(=S)NCCCn1ccnc1. The largest absolute Gasteiger partial charge is 0.363 e. The average Bonchev–Trinajstić information content (AvgIpc) is 2.93. The molecule has 5 heteroatoms. The summed E-state index contributed by atoms with van der Waals surface area (Å²) in [6.07, 6.45) is 10.6. The molecule has 4 nitrogen and oxygen atoms in total. The summed E-state index contributed by atoms with van der Waals surface area (Å²) < 4.78 is 2.09. The molecule has 0 aromatic carbocycles. The molecule has 0 radical (unpaired) electrons. The molecule has 2 rings (SSSR count). The number of aryl methyl sites for hydroxylation is 1. The average molecular weight is 294 g/mol. The molecule has 1 aliphatic rings. The van der Waals surface area contributed by atoms with E-state index in [-0.39, 0.29) is 0 Å². The highest BCUT2D eigenvalue weighted by Gasteiger charge is 2.27. The molecule has 1 saturated carbocycles. The zero-order valence-corrected chi connectivity index (χ0v) is 13.3. The van der Waals surface area contributed by atoms with Crippen molar-refractivity contribution in [3.05, 3.63) is 18.7 Å². The molecule has 0 amide bonds. The fraction of sp³-hybridized carbons (Fsp3) is 0.733. The minimum absolute atomic E-state index is 0.535. The monoisotopic (exact) mass is 294 g/mol. The smallest absolute Gasteiger partial charge is 0.166 e. The molecule has 1 fully saturated rings. The van der Waals surface area contributed by atoms with Gasteiger partial charge in [0.1, 0.15) is 0 Å². The summed E-state index contributed by atoms with van der Waals surface area (Å²) in [7, 11) is 0. The number of hydrogen-bond acceptors (Lipinski definition) is 2. The van der Waals surface area contributed by atoms with E-state index in [0.29, 0.717) is 12.0 Å². The van der Waals surface area contributed by atoms with E-state index >= 15 is 0 Å². The zero-order valence-electron chi connectivity index (χ0n) is 12.5. The van der Waals surface area contributed by atoms with Gasteiger partial charge in [0.25, 0.3) is 0 Å². The first-order valence-electron chi connectivity index (χ1n) is 7.67. The van der Waals surface area contributed by atoms with Gasteiger partial charge in [-0.15, -0.1) is 0 Å². The highest BCUT2D eigenvalue weighted by molar-refractivity contribution is 7.80. The molecule has 0 bridgehead atoms. The quantitative estimate of drug-likeness (QED) is 0.647. The molecule has 1 aromatic heterocycles. The predicted molar refractivity (Wildman–Crippen MR) is 86.5 cm³/mol. The van der Waals surface area contributed by atoms with E-state index < -0.39 is 0 Å². The third-order valence-electron chi connectivity index (χ3n) is 4.46. The first-order chi connectivity index (χ1) is 9.66. The molecular weight excluding hydrogens is 268 g/mol. The molecule has 0 saturated heterocycles. The Morgan fingerprint density at radius 2 is 2.25 bits per heavy atom. The Morgan fingerprint density at radius 3 is 3.00 bits per heavy atom. The van der Waals surface area contributed by atoms with Crippen LogP contribution in [0.2, 0.25) is 0 Å². The summed E-state index contributed by atoms with van der Waals surface area (Å²) in [4.78, 5) is 4.03. The van der Waals surface area contributed by atoms with Crippen molar-refractivity contribution < 1.29 is 0 Å². The van der Waals surface area contributed by atoms with Gasteiger partial charge in [-0.2, -0.15) is 0 Å². The van der Waals surface area contributed by atoms with Crippen LogP contribution in [0.4, 0.5) is 0 Å². The van der Waals surface area contributed by atoms with Crippen LogP contribution in [0.1, 0.15) is 39.5 Å². The summed E-state index contributed by atoms with van der Waals surface area (Å²) in [5.41, 5.74) is 0. The van der Waals surface area contributed by atoms with E-state index in [2.05, 4.69) is 34.0 Å². The van der Waals surface area contributed by atoms with E-state index in [9.17, 15) is 0 Å². The van der Waals surface area contributed by atoms with Gasteiger partial charge in [-0.3, -0.25) is 0 Å². The molecule has 3 atom stereocenters. The normalized spacial score (nSPS) is 26.2. The van der Waals surface area contributed by atoms with Gasteiger partial charge in [0.2, 0.25) is 0 Å². The van der Waals surface area contributed by atoms with E-state index in [0.717, 1.165) is 30.5 Å². The Hall–Kier alpha value is -1.10.